The number of rotatable bonds is 5. The molecule has 0 radical (unpaired) electrons. The molecule has 0 saturated heterocycles. The smallest absolute Gasteiger partial charge is 0.127 e. The van der Waals surface area contributed by atoms with Crippen molar-refractivity contribution in [2.75, 3.05) is 12.4 Å². The summed E-state index contributed by atoms with van der Waals surface area (Å²) in [7, 11) is 0. The summed E-state index contributed by atoms with van der Waals surface area (Å²) in [5, 5.41) is 2.80. The largest absolute Gasteiger partial charge is 0.493 e. The fourth-order valence-corrected chi connectivity index (χ4v) is 3.11. The summed E-state index contributed by atoms with van der Waals surface area (Å²) in [5.74, 6) is 2.44. The van der Waals surface area contributed by atoms with Gasteiger partial charge in [0.05, 0.1) is 12.1 Å². The molecule has 0 aliphatic rings. The maximum atomic E-state index is 5.85. The van der Waals surface area contributed by atoms with Crippen molar-refractivity contribution in [1.29, 1.82) is 0 Å². The van der Waals surface area contributed by atoms with Crippen molar-refractivity contribution in [1.82, 2.24) is 9.97 Å². The Labute approximate surface area is 138 Å². The van der Waals surface area contributed by atoms with Gasteiger partial charge in [0, 0.05) is 16.2 Å². The van der Waals surface area contributed by atoms with Gasteiger partial charge in [-0.3, -0.25) is 0 Å². The maximum Gasteiger partial charge on any atom is 0.127 e. The van der Waals surface area contributed by atoms with Crippen LogP contribution in [0.5, 0.6) is 5.75 Å². The standard InChI is InChI=1S/C17H15ClN2OS/c1-12-19-16-5-3-2-4-15(16)17(20-12)22-11-10-21-14-8-6-13(18)7-9-14/h2-9H,10-11H2,1H3. The van der Waals surface area contributed by atoms with Crippen LogP contribution in [0.1, 0.15) is 5.82 Å². The first-order valence-corrected chi connectivity index (χ1v) is 8.33. The molecule has 0 unspecified atom stereocenters. The van der Waals surface area contributed by atoms with Crippen molar-refractivity contribution in [3.63, 3.8) is 0 Å². The van der Waals surface area contributed by atoms with Crippen LogP contribution < -0.4 is 4.74 Å². The zero-order valence-corrected chi connectivity index (χ0v) is 13.7. The van der Waals surface area contributed by atoms with E-state index < -0.39 is 0 Å². The maximum absolute atomic E-state index is 5.85. The van der Waals surface area contributed by atoms with Crippen molar-refractivity contribution in [3.8, 4) is 5.75 Å². The van der Waals surface area contributed by atoms with Gasteiger partial charge in [0.15, 0.2) is 0 Å². The van der Waals surface area contributed by atoms with Crippen molar-refractivity contribution < 1.29 is 4.74 Å². The summed E-state index contributed by atoms with van der Waals surface area (Å²) in [5.41, 5.74) is 0.983. The molecule has 2 aromatic carbocycles. The first-order valence-electron chi connectivity index (χ1n) is 6.97. The lowest BCUT2D eigenvalue weighted by molar-refractivity contribution is 0.344. The van der Waals surface area contributed by atoms with Gasteiger partial charge < -0.3 is 4.74 Å². The lowest BCUT2D eigenvalue weighted by atomic mass is 10.2. The molecule has 1 heterocycles. The van der Waals surface area contributed by atoms with Crippen LogP contribution in [0.4, 0.5) is 0 Å². The van der Waals surface area contributed by atoms with Gasteiger partial charge in [-0.15, -0.1) is 11.8 Å². The van der Waals surface area contributed by atoms with Crippen LogP contribution in [0.2, 0.25) is 5.02 Å². The Morgan fingerprint density at radius 3 is 2.64 bits per heavy atom. The van der Waals surface area contributed by atoms with Crippen molar-refractivity contribution in [2.45, 2.75) is 11.9 Å². The predicted molar refractivity (Wildman–Crippen MR) is 91.9 cm³/mol. The van der Waals surface area contributed by atoms with Gasteiger partial charge in [-0.05, 0) is 37.3 Å². The highest BCUT2D eigenvalue weighted by atomic mass is 35.5. The molecule has 3 rings (SSSR count). The molecule has 0 spiro atoms. The highest BCUT2D eigenvalue weighted by molar-refractivity contribution is 7.99. The van der Waals surface area contributed by atoms with Crippen LogP contribution in [-0.4, -0.2) is 22.3 Å². The van der Waals surface area contributed by atoms with Crippen LogP contribution in [0, 0.1) is 6.92 Å². The predicted octanol–water partition coefficient (Wildman–Crippen LogP) is 4.76. The van der Waals surface area contributed by atoms with E-state index >= 15 is 0 Å². The van der Waals surface area contributed by atoms with Crippen LogP contribution in [-0.2, 0) is 0 Å². The van der Waals surface area contributed by atoms with E-state index in [4.69, 9.17) is 16.3 Å². The van der Waals surface area contributed by atoms with Crippen LogP contribution in [0.3, 0.4) is 0 Å². The Hall–Kier alpha value is -1.78. The number of fused-ring (bicyclic) bond motifs is 1. The number of nitrogens with zero attached hydrogens (tertiary/aromatic N) is 2. The number of aryl methyl sites for hydroxylation is 1. The van der Waals surface area contributed by atoms with Crippen LogP contribution in [0.25, 0.3) is 10.9 Å². The lowest BCUT2D eigenvalue weighted by Gasteiger charge is -2.08. The van der Waals surface area contributed by atoms with Crippen molar-refractivity contribution in [2.24, 2.45) is 0 Å². The molecule has 3 nitrogen and oxygen atoms in total. The molecule has 0 fully saturated rings. The van der Waals surface area contributed by atoms with Gasteiger partial charge in [-0.25, -0.2) is 9.97 Å². The molecule has 0 amide bonds. The lowest BCUT2D eigenvalue weighted by Crippen LogP contribution is -2.01. The molecule has 0 bridgehead atoms. The van der Waals surface area contributed by atoms with E-state index in [0.717, 1.165) is 33.3 Å². The minimum atomic E-state index is 0.615. The molecule has 112 valence electrons. The van der Waals surface area contributed by atoms with Crippen LogP contribution in [0.15, 0.2) is 53.6 Å². The summed E-state index contributed by atoms with van der Waals surface area (Å²) in [6.45, 7) is 2.53. The Balaban J connectivity index is 1.63. The summed E-state index contributed by atoms with van der Waals surface area (Å²) in [4.78, 5) is 8.99. The number of thioether (sulfide) groups is 1. The molecule has 0 aliphatic carbocycles. The zero-order valence-electron chi connectivity index (χ0n) is 12.1. The van der Waals surface area contributed by atoms with Gasteiger partial charge in [-0.2, -0.15) is 0 Å². The highest BCUT2D eigenvalue weighted by Gasteiger charge is 2.06. The van der Waals surface area contributed by atoms with Gasteiger partial charge in [0.1, 0.15) is 16.6 Å². The zero-order chi connectivity index (χ0) is 15.4. The van der Waals surface area contributed by atoms with Gasteiger partial charge >= 0.3 is 0 Å². The van der Waals surface area contributed by atoms with Gasteiger partial charge in [0.25, 0.3) is 0 Å². The summed E-state index contributed by atoms with van der Waals surface area (Å²) in [6.07, 6.45) is 0. The molecule has 0 saturated carbocycles. The molecule has 3 aromatic rings. The minimum absolute atomic E-state index is 0.615. The molecule has 0 aliphatic heterocycles. The number of ether oxygens (including phenoxy) is 1. The number of para-hydroxylation sites is 1. The molecular weight excluding hydrogens is 316 g/mol. The fourth-order valence-electron chi connectivity index (χ4n) is 2.10. The Morgan fingerprint density at radius 1 is 1.05 bits per heavy atom. The molecule has 1 aromatic heterocycles. The molecule has 22 heavy (non-hydrogen) atoms. The van der Waals surface area contributed by atoms with Gasteiger partial charge in [-0.1, -0.05) is 29.8 Å². The van der Waals surface area contributed by atoms with E-state index in [-0.39, 0.29) is 0 Å². The van der Waals surface area contributed by atoms with Crippen LogP contribution >= 0.6 is 23.4 Å². The third-order valence-corrected chi connectivity index (χ3v) is 4.29. The molecule has 0 atom stereocenters. The van der Waals surface area contributed by atoms with Crippen molar-refractivity contribution in [3.05, 3.63) is 59.4 Å². The first kappa shape index (κ1) is 15.1. The quantitative estimate of drug-likeness (QED) is 0.384. The number of halogens is 1. The van der Waals surface area contributed by atoms with E-state index in [0.29, 0.717) is 11.6 Å². The average Bonchev–Trinajstić information content (AvgIpc) is 2.53. The second-order valence-corrected chi connectivity index (χ2v) is 6.26. The number of hydrogen-bond donors (Lipinski definition) is 0. The summed E-state index contributed by atoms with van der Waals surface area (Å²) >= 11 is 7.53. The average molecular weight is 331 g/mol. The van der Waals surface area contributed by atoms with Crippen molar-refractivity contribution >= 4 is 34.3 Å². The second kappa shape index (κ2) is 6.99. The summed E-state index contributed by atoms with van der Waals surface area (Å²) in [6, 6.07) is 15.5. The van der Waals surface area contributed by atoms with E-state index in [2.05, 4.69) is 16.0 Å². The molecule has 5 heteroatoms. The normalized spacial score (nSPS) is 10.8. The number of aromatic nitrogens is 2. The first-order chi connectivity index (χ1) is 10.7. The summed E-state index contributed by atoms with van der Waals surface area (Å²) < 4.78 is 5.70. The Bertz CT molecular complexity index is 777. The Morgan fingerprint density at radius 2 is 1.82 bits per heavy atom. The van der Waals surface area contributed by atoms with E-state index in [1.165, 1.54) is 0 Å². The topological polar surface area (TPSA) is 35.0 Å². The third-order valence-electron chi connectivity index (χ3n) is 3.08. The van der Waals surface area contributed by atoms with E-state index in [9.17, 15) is 0 Å². The fraction of sp³-hybridized carbons (Fsp3) is 0.176. The number of benzene rings is 2. The molecule has 0 N–H and O–H groups in total. The highest BCUT2D eigenvalue weighted by Crippen LogP contribution is 2.25. The number of hydrogen-bond acceptors (Lipinski definition) is 4. The molecular formula is C17H15ClN2OS. The van der Waals surface area contributed by atoms with E-state index in [1.807, 2.05) is 49.4 Å². The van der Waals surface area contributed by atoms with Gasteiger partial charge in [0.2, 0.25) is 0 Å². The second-order valence-electron chi connectivity index (χ2n) is 4.74. The SMILES string of the molecule is Cc1nc(SCCOc2ccc(Cl)cc2)c2ccccc2n1. The monoisotopic (exact) mass is 330 g/mol. The Kier molecular flexibility index (Phi) is 4.80. The minimum Gasteiger partial charge on any atom is -0.493 e. The van der Waals surface area contributed by atoms with E-state index in [1.54, 1.807) is 11.8 Å². The third kappa shape index (κ3) is 3.70.